The second-order valence-electron chi connectivity index (χ2n) is 5.29. The molecule has 1 amide bonds. The van der Waals surface area contributed by atoms with Gasteiger partial charge in [0.05, 0.1) is 18.6 Å². The number of amides is 1. The van der Waals surface area contributed by atoms with E-state index in [2.05, 4.69) is 5.32 Å². The number of carbonyl (C=O) groups is 1. The number of hydrogen-bond donors (Lipinski definition) is 2. The van der Waals surface area contributed by atoms with Gasteiger partial charge in [0.1, 0.15) is 5.75 Å². The van der Waals surface area contributed by atoms with Crippen molar-refractivity contribution in [2.24, 2.45) is 0 Å². The lowest BCUT2D eigenvalue weighted by atomic mass is 9.80. The first-order chi connectivity index (χ1) is 9.04. The molecule has 1 aliphatic rings. The van der Waals surface area contributed by atoms with Crippen LogP contribution in [0.2, 0.25) is 0 Å². The highest BCUT2D eigenvalue weighted by Crippen LogP contribution is 2.30. The van der Waals surface area contributed by atoms with E-state index < -0.39 is 5.60 Å². The van der Waals surface area contributed by atoms with Crippen molar-refractivity contribution >= 4 is 5.91 Å². The van der Waals surface area contributed by atoms with E-state index in [1.807, 2.05) is 31.2 Å². The predicted molar refractivity (Wildman–Crippen MR) is 73.2 cm³/mol. The molecule has 1 aromatic rings. The molecular formula is C15H21NO3. The summed E-state index contributed by atoms with van der Waals surface area (Å²) in [5.74, 6) is 0.500. The van der Waals surface area contributed by atoms with Crippen molar-refractivity contribution in [2.45, 2.75) is 37.7 Å². The van der Waals surface area contributed by atoms with Gasteiger partial charge in [0.2, 0.25) is 5.91 Å². The van der Waals surface area contributed by atoms with Crippen LogP contribution in [-0.2, 0) is 4.79 Å². The summed E-state index contributed by atoms with van der Waals surface area (Å²) < 4.78 is 5.09. The Labute approximate surface area is 113 Å². The Morgan fingerprint density at radius 1 is 1.42 bits per heavy atom. The Morgan fingerprint density at radius 3 is 2.53 bits per heavy atom. The molecule has 19 heavy (non-hydrogen) atoms. The zero-order valence-corrected chi connectivity index (χ0v) is 11.5. The highest BCUT2D eigenvalue weighted by molar-refractivity contribution is 5.83. The van der Waals surface area contributed by atoms with E-state index in [1.165, 1.54) is 0 Å². The Bertz CT molecular complexity index is 437. The summed E-state index contributed by atoms with van der Waals surface area (Å²) in [5, 5.41) is 12.8. The minimum absolute atomic E-state index is 0.0505. The van der Waals surface area contributed by atoms with Gasteiger partial charge in [-0.1, -0.05) is 12.1 Å². The molecule has 0 bridgehead atoms. The molecule has 1 atom stereocenters. The number of nitrogens with one attached hydrogen (secondary N) is 1. The molecule has 1 unspecified atom stereocenters. The molecule has 0 aromatic heterocycles. The van der Waals surface area contributed by atoms with Gasteiger partial charge in [-0.05, 0) is 43.9 Å². The minimum atomic E-state index is -0.671. The van der Waals surface area contributed by atoms with Gasteiger partial charge in [-0.3, -0.25) is 4.79 Å². The van der Waals surface area contributed by atoms with E-state index in [-0.39, 0.29) is 11.8 Å². The first kappa shape index (κ1) is 13.9. The van der Waals surface area contributed by atoms with E-state index >= 15 is 0 Å². The Kier molecular flexibility index (Phi) is 4.10. The van der Waals surface area contributed by atoms with E-state index in [4.69, 9.17) is 4.74 Å². The van der Waals surface area contributed by atoms with E-state index in [0.717, 1.165) is 30.6 Å². The normalized spacial score (nSPS) is 18.3. The molecule has 0 aliphatic heterocycles. The number of rotatable bonds is 5. The lowest BCUT2D eigenvalue weighted by Gasteiger charge is -2.36. The maximum absolute atomic E-state index is 12.0. The van der Waals surface area contributed by atoms with E-state index in [9.17, 15) is 9.90 Å². The van der Waals surface area contributed by atoms with Gasteiger partial charge in [-0.2, -0.15) is 0 Å². The quantitative estimate of drug-likeness (QED) is 0.852. The van der Waals surface area contributed by atoms with Gasteiger partial charge in [-0.15, -0.1) is 0 Å². The maximum Gasteiger partial charge on any atom is 0.227 e. The van der Waals surface area contributed by atoms with Crippen molar-refractivity contribution in [3.8, 4) is 5.75 Å². The van der Waals surface area contributed by atoms with Crippen molar-refractivity contribution in [1.82, 2.24) is 5.32 Å². The Balaban J connectivity index is 1.90. The first-order valence-corrected chi connectivity index (χ1v) is 6.68. The van der Waals surface area contributed by atoms with Gasteiger partial charge >= 0.3 is 0 Å². The van der Waals surface area contributed by atoms with Crippen molar-refractivity contribution in [3.05, 3.63) is 29.8 Å². The third-order valence-electron chi connectivity index (χ3n) is 3.89. The second-order valence-corrected chi connectivity index (χ2v) is 5.29. The SMILES string of the molecule is COc1ccc(C(C)C(=O)NCC2(O)CCC2)cc1. The topological polar surface area (TPSA) is 58.6 Å². The molecular weight excluding hydrogens is 242 g/mol. The second kappa shape index (κ2) is 5.61. The van der Waals surface area contributed by atoms with E-state index in [0.29, 0.717) is 6.54 Å². The van der Waals surface area contributed by atoms with Crippen LogP contribution >= 0.6 is 0 Å². The average molecular weight is 263 g/mol. The van der Waals surface area contributed by atoms with Gasteiger partial charge in [0, 0.05) is 6.54 Å². The van der Waals surface area contributed by atoms with Gasteiger partial charge in [0.25, 0.3) is 0 Å². The fraction of sp³-hybridized carbons (Fsp3) is 0.533. The number of ether oxygens (including phenoxy) is 1. The molecule has 1 aromatic carbocycles. The number of benzene rings is 1. The molecule has 4 nitrogen and oxygen atoms in total. The van der Waals surface area contributed by atoms with Crippen LogP contribution in [0.1, 0.15) is 37.7 Å². The monoisotopic (exact) mass is 263 g/mol. The smallest absolute Gasteiger partial charge is 0.227 e. The number of aliphatic hydroxyl groups is 1. The molecule has 1 fully saturated rings. The van der Waals surface area contributed by atoms with Crippen LogP contribution in [0.4, 0.5) is 0 Å². The van der Waals surface area contributed by atoms with Crippen molar-refractivity contribution in [1.29, 1.82) is 0 Å². The standard InChI is InChI=1S/C15H21NO3/c1-11(12-4-6-13(19-2)7-5-12)14(17)16-10-15(18)8-3-9-15/h4-7,11,18H,3,8-10H2,1-2H3,(H,16,17). The van der Waals surface area contributed by atoms with Crippen molar-refractivity contribution < 1.29 is 14.6 Å². The molecule has 2 N–H and O–H groups in total. The molecule has 0 heterocycles. The summed E-state index contributed by atoms with van der Waals surface area (Å²) in [4.78, 5) is 12.0. The van der Waals surface area contributed by atoms with Gasteiger partial charge < -0.3 is 15.2 Å². The van der Waals surface area contributed by atoms with Crippen LogP contribution in [0.5, 0.6) is 5.75 Å². The molecule has 2 rings (SSSR count). The number of hydrogen-bond acceptors (Lipinski definition) is 3. The number of carbonyl (C=O) groups excluding carboxylic acids is 1. The predicted octanol–water partition coefficient (Wildman–Crippen LogP) is 1.83. The highest BCUT2D eigenvalue weighted by atomic mass is 16.5. The zero-order valence-electron chi connectivity index (χ0n) is 11.5. The first-order valence-electron chi connectivity index (χ1n) is 6.68. The largest absolute Gasteiger partial charge is 0.497 e. The molecule has 4 heteroatoms. The van der Waals surface area contributed by atoms with Crippen LogP contribution in [-0.4, -0.2) is 30.3 Å². The summed E-state index contributed by atoms with van der Waals surface area (Å²) >= 11 is 0. The van der Waals surface area contributed by atoms with Gasteiger partial charge in [-0.25, -0.2) is 0 Å². The van der Waals surface area contributed by atoms with Crippen LogP contribution in [0, 0.1) is 0 Å². The third kappa shape index (κ3) is 3.26. The lowest BCUT2D eigenvalue weighted by Crippen LogP contribution is -2.48. The van der Waals surface area contributed by atoms with Crippen LogP contribution < -0.4 is 10.1 Å². The fourth-order valence-corrected chi connectivity index (χ4v) is 2.21. The molecule has 0 spiro atoms. The van der Waals surface area contributed by atoms with E-state index in [1.54, 1.807) is 7.11 Å². The lowest BCUT2D eigenvalue weighted by molar-refractivity contribution is -0.124. The summed E-state index contributed by atoms with van der Waals surface area (Å²) in [7, 11) is 1.62. The van der Waals surface area contributed by atoms with Crippen LogP contribution in [0.15, 0.2) is 24.3 Å². The summed E-state index contributed by atoms with van der Waals surface area (Å²) in [6, 6.07) is 7.47. The average Bonchev–Trinajstić information content (AvgIpc) is 2.42. The summed E-state index contributed by atoms with van der Waals surface area (Å²) in [6.45, 7) is 2.22. The zero-order chi connectivity index (χ0) is 13.9. The Morgan fingerprint density at radius 2 is 2.05 bits per heavy atom. The third-order valence-corrected chi connectivity index (χ3v) is 3.89. The van der Waals surface area contributed by atoms with Crippen LogP contribution in [0.3, 0.4) is 0 Å². The summed E-state index contributed by atoms with van der Waals surface area (Å²) in [6.07, 6.45) is 2.61. The summed E-state index contributed by atoms with van der Waals surface area (Å²) in [5.41, 5.74) is 0.272. The van der Waals surface area contributed by atoms with Crippen molar-refractivity contribution in [2.75, 3.05) is 13.7 Å². The number of methoxy groups -OCH3 is 1. The molecule has 1 saturated carbocycles. The highest BCUT2D eigenvalue weighted by Gasteiger charge is 2.34. The maximum atomic E-state index is 12.0. The molecule has 104 valence electrons. The van der Waals surface area contributed by atoms with Crippen LogP contribution in [0.25, 0.3) is 0 Å². The molecule has 0 saturated heterocycles. The fourth-order valence-electron chi connectivity index (χ4n) is 2.21. The minimum Gasteiger partial charge on any atom is -0.497 e. The van der Waals surface area contributed by atoms with Gasteiger partial charge in [0.15, 0.2) is 0 Å². The Hall–Kier alpha value is -1.55. The van der Waals surface area contributed by atoms with Crippen molar-refractivity contribution in [3.63, 3.8) is 0 Å². The molecule has 1 aliphatic carbocycles. The molecule has 0 radical (unpaired) electrons.